The Morgan fingerprint density at radius 1 is 1.17 bits per heavy atom. The largest absolute Gasteiger partial charge is 0.465 e. The number of aryl methyl sites for hydroxylation is 1. The highest BCUT2D eigenvalue weighted by Crippen LogP contribution is 2.29. The lowest BCUT2D eigenvalue weighted by Gasteiger charge is -2.15. The number of rotatable bonds is 3. The Labute approximate surface area is 134 Å². The Hall–Kier alpha value is -2.82. The van der Waals surface area contributed by atoms with Crippen molar-refractivity contribution in [1.29, 1.82) is 0 Å². The first-order valence-corrected chi connectivity index (χ1v) is 7.34. The molecule has 0 saturated carbocycles. The number of methoxy groups -OCH3 is 1. The summed E-state index contributed by atoms with van der Waals surface area (Å²) < 4.78 is 9.66. The molecule has 1 aliphatic rings. The molecule has 0 bridgehead atoms. The first-order valence-electron chi connectivity index (χ1n) is 7.34. The van der Waals surface area contributed by atoms with Crippen LogP contribution in [0.3, 0.4) is 0 Å². The summed E-state index contributed by atoms with van der Waals surface area (Å²) in [5, 5.41) is 0. The molecule has 5 heteroatoms. The second-order valence-electron chi connectivity index (χ2n) is 5.33. The van der Waals surface area contributed by atoms with Gasteiger partial charge in [-0.25, -0.2) is 9.59 Å². The molecule has 2 aromatic rings. The minimum atomic E-state index is -0.351. The lowest BCUT2D eigenvalue weighted by molar-refractivity contribution is 0.0600. The van der Waals surface area contributed by atoms with Crippen molar-refractivity contribution in [1.82, 2.24) is 0 Å². The van der Waals surface area contributed by atoms with E-state index in [1.54, 1.807) is 17.0 Å². The van der Waals surface area contributed by atoms with Gasteiger partial charge >= 0.3 is 12.1 Å². The van der Waals surface area contributed by atoms with Crippen LogP contribution in [0, 0.1) is 6.92 Å². The van der Waals surface area contributed by atoms with E-state index in [9.17, 15) is 9.59 Å². The zero-order chi connectivity index (χ0) is 16.4. The molecule has 0 N–H and O–H groups in total. The fourth-order valence-electron chi connectivity index (χ4n) is 2.67. The quantitative estimate of drug-likeness (QED) is 0.815. The molecule has 1 aliphatic heterocycles. The number of cyclic esters (lactones) is 1. The molecule has 0 spiro atoms. The summed E-state index contributed by atoms with van der Waals surface area (Å²) in [5.74, 6) is -0.351. The van der Waals surface area contributed by atoms with Gasteiger partial charge in [0.25, 0.3) is 0 Å². The molecule has 0 radical (unpaired) electrons. The van der Waals surface area contributed by atoms with E-state index in [4.69, 9.17) is 9.47 Å². The number of benzene rings is 2. The van der Waals surface area contributed by atoms with E-state index in [2.05, 4.69) is 0 Å². The number of carbonyl (C=O) groups excluding carboxylic acids is 2. The normalized spacial score (nSPS) is 13.8. The number of nitrogens with zero attached hydrogens (tertiary/aromatic N) is 1. The third kappa shape index (κ3) is 2.90. The van der Waals surface area contributed by atoms with E-state index >= 15 is 0 Å². The Balaban J connectivity index is 1.88. The smallest absolute Gasteiger partial charge is 0.414 e. The predicted molar refractivity (Wildman–Crippen MR) is 86.6 cm³/mol. The predicted octanol–water partition coefficient (Wildman–Crippen LogP) is 3.41. The number of anilines is 1. The Kier molecular flexibility index (Phi) is 4.02. The lowest BCUT2D eigenvalue weighted by atomic mass is 9.99. The van der Waals surface area contributed by atoms with Gasteiger partial charge < -0.3 is 9.47 Å². The van der Waals surface area contributed by atoms with Crippen molar-refractivity contribution in [2.45, 2.75) is 6.92 Å². The number of amides is 1. The van der Waals surface area contributed by atoms with Crippen molar-refractivity contribution in [3.05, 3.63) is 53.6 Å². The molecule has 1 amide bonds. The second-order valence-corrected chi connectivity index (χ2v) is 5.33. The average molecular weight is 311 g/mol. The molecule has 1 saturated heterocycles. The van der Waals surface area contributed by atoms with Crippen molar-refractivity contribution in [2.24, 2.45) is 0 Å². The van der Waals surface area contributed by atoms with Crippen molar-refractivity contribution in [3.63, 3.8) is 0 Å². The summed E-state index contributed by atoms with van der Waals surface area (Å²) in [6.07, 6.45) is -0.306. The van der Waals surface area contributed by atoms with Crippen LogP contribution in [0.2, 0.25) is 0 Å². The van der Waals surface area contributed by atoms with E-state index in [1.807, 2.05) is 37.3 Å². The lowest BCUT2D eigenvalue weighted by Crippen LogP contribution is -2.23. The first-order chi connectivity index (χ1) is 11.1. The molecule has 0 unspecified atom stereocenters. The van der Waals surface area contributed by atoms with Gasteiger partial charge in [-0.15, -0.1) is 0 Å². The Morgan fingerprint density at radius 2 is 1.91 bits per heavy atom. The van der Waals surface area contributed by atoms with Crippen LogP contribution in [0.5, 0.6) is 0 Å². The number of hydrogen-bond acceptors (Lipinski definition) is 4. The third-order valence-corrected chi connectivity index (χ3v) is 3.90. The maximum atomic E-state index is 11.6. The van der Waals surface area contributed by atoms with Gasteiger partial charge in [-0.2, -0.15) is 0 Å². The minimum absolute atomic E-state index is 0.306. The first kappa shape index (κ1) is 15.1. The fraction of sp³-hybridized carbons (Fsp3) is 0.222. The molecule has 3 rings (SSSR count). The van der Waals surface area contributed by atoms with Crippen molar-refractivity contribution >= 4 is 17.7 Å². The highest BCUT2D eigenvalue weighted by atomic mass is 16.6. The second kappa shape index (κ2) is 6.12. The standard InChI is InChI=1S/C18H17NO4/c1-12-11-15(19-9-10-23-18(19)21)7-8-16(12)13-3-5-14(6-4-13)17(20)22-2/h3-8,11H,9-10H2,1-2H3. The highest BCUT2D eigenvalue weighted by Gasteiger charge is 2.23. The zero-order valence-corrected chi connectivity index (χ0v) is 13.0. The summed E-state index contributed by atoms with van der Waals surface area (Å²) in [7, 11) is 1.36. The van der Waals surface area contributed by atoms with Crippen molar-refractivity contribution in [3.8, 4) is 11.1 Å². The van der Waals surface area contributed by atoms with Gasteiger partial charge in [0.15, 0.2) is 0 Å². The van der Waals surface area contributed by atoms with E-state index in [0.717, 1.165) is 22.4 Å². The van der Waals surface area contributed by atoms with Crippen molar-refractivity contribution in [2.75, 3.05) is 25.2 Å². The van der Waals surface area contributed by atoms with Crippen LogP contribution in [-0.4, -0.2) is 32.3 Å². The average Bonchev–Trinajstić information content (AvgIpc) is 3.00. The summed E-state index contributed by atoms with van der Waals surface area (Å²) in [4.78, 5) is 24.7. The molecular formula is C18H17NO4. The summed E-state index contributed by atoms with van der Waals surface area (Å²) in [6, 6.07) is 13.1. The van der Waals surface area contributed by atoms with E-state index < -0.39 is 0 Å². The monoisotopic (exact) mass is 311 g/mol. The number of ether oxygens (including phenoxy) is 2. The molecule has 0 aliphatic carbocycles. The van der Waals surface area contributed by atoms with E-state index in [-0.39, 0.29) is 12.1 Å². The maximum absolute atomic E-state index is 11.6. The van der Waals surface area contributed by atoms with Crippen LogP contribution >= 0.6 is 0 Å². The number of esters is 1. The number of hydrogen-bond donors (Lipinski definition) is 0. The van der Waals surface area contributed by atoms with Crippen LogP contribution in [0.25, 0.3) is 11.1 Å². The summed E-state index contributed by atoms with van der Waals surface area (Å²) in [6.45, 7) is 2.99. The molecule has 1 heterocycles. The summed E-state index contributed by atoms with van der Waals surface area (Å²) in [5.41, 5.74) is 4.46. The molecule has 2 aromatic carbocycles. The van der Waals surface area contributed by atoms with E-state index in [1.165, 1.54) is 7.11 Å². The van der Waals surface area contributed by atoms with E-state index in [0.29, 0.717) is 18.7 Å². The van der Waals surface area contributed by atoms with Gasteiger partial charge in [0, 0.05) is 5.69 Å². The molecule has 0 aromatic heterocycles. The Bertz CT molecular complexity index is 752. The fourth-order valence-corrected chi connectivity index (χ4v) is 2.67. The Morgan fingerprint density at radius 3 is 2.48 bits per heavy atom. The zero-order valence-electron chi connectivity index (χ0n) is 13.0. The maximum Gasteiger partial charge on any atom is 0.414 e. The highest BCUT2D eigenvalue weighted by molar-refractivity contribution is 5.91. The molecule has 1 fully saturated rings. The van der Waals surface area contributed by atoms with Crippen LogP contribution < -0.4 is 4.90 Å². The minimum Gasteiger partial charge on any atom is -0.465 e. The van der Waals surface area contributed by atoms with Gasteiger partial charge in [0.1, 0.15) is 6.61 Å². The summed E-state index contributed by atoms with van der Waals surface area (Å²) >= 11 is 0. The van der Waals surface area contributed by atoms with Gasteiger partial charge in [0.2, 0.25) is 0 Å². The molecule has 23 heavy (non-hydrogen) atoms. The van der Waals surface area contributed by atoms with Crippen LogP contribution in [0.4, 0.5) is 10.5 Å². The molecular weight excluding hydrogens is 294 g/mol. The molecule has 5 nitrogen and oxygen atoms in total. The van der Waals surface area contributed by atoms with Crippen LogP contribution in [0.15, 0.2) is 42.5 Å². The molecule has 0 atom stereocenters. The van der Waals surface area contributed by atoms with Gasteiger partial charge in [0.05, 0.1) is 19.2 Å². The SMILES string of the molecule is COC(=O)c1ccc(-c2ccc(N3CCOC3=O)cc2C)cc1. The van der Waals surface area contributed by atoms with Crippen molar-refractivity contribution < 1.29 is 19.1 Å². The van der Waals surface area contributed by atoms with Crippen LogP contribution in [0.1, 0.15) is 15.9 Å². The van der Waals surface area contributed by atoms with Gasteiger partial charge in [-0.3, -0.25) is 4.90 Å². The number of carbonyl (C=O) groups is 2. The van der Waals surface area contributed by atoms with Gasteiger partial charge in [-0.05, 0) is 47.9 Å². The topological polar surface area (TPSA) is 55.8 Å². The third-order valence-electron chi connectivity index (χ3n) is 3.90. The molecule has 118 valence electrons. The van der Waals surface area contributed by atoms with Gasteiger partial charge in [-0.1, -0.05) is 18.2 Å². The van der Waals surface area contributed by atoms with Crippen LogP contribution in [-0.2, 0) is 9.47 Å².